The Kier molecular flexibility index (Phi) is 2.40. The SMILES string of the molecule is C(#Cc1cccc2[nH]ccc12)c1ccccc1. The molecule has 1 nitrogen and oxygen atoms in total. The summed E-state index contributed by atoms with van der Waals surface area (Å²) in [6, 6.07) is 18.2. The number of aromatic amines is 1. The summed E-state index contributed by atoms with van der Waals surface area (Å²) in [7, 11) is 0. The number of aromatic nitrogens is 1. The number of hydrogen-bond acceptors (Lipinski definition) is 0. The second-order valence-electron chi connectivity index (χ2n) is 3.86. The number of hydrogen-bond donors (Lipinski definition) is 1. The molecule has 0 atom stereocenters. The van der Waals surface area contributed by atoms with Crippen molar-refractivity contribution >= 4 is 10.9 Å². The lowest BCUT2D eigenvalue weighted by atomic mass is 10.1. The van der Waals surface area contributed by atoms with Crippen LogP contribution in [0.15, 0.2) is 60.8 Å². The van der Waals surface area contributed by atoms with Crippen molar-refractivity contribution in [3.63, 3.8) is 0 Å². The van der Waals surface area contributed by atoms with Crippen LogP contribution < -0.4 is 0 Å². The van der Waals surface area contributed by atoms with Crippen LogP contribution in [-0.2, 0) is 0 Å². The lowest BCUT2D eigenvalue weighted by Gasteiger charge is -1.93. The molecule has 3 rings (SSSR count). The minimum absolute atomic E-state index is 1.04. The topological polar surface area (TPSA) is 15.8 Å². The number of rotatable bonds is 0. The average Bonchev–Trinajstić information content (AvgIpc) is 2.86. The maximum atomic E-state index is 3.22. The van der Waals surface area contributed by atoms with E-state index in [4.69, 9.17) is 0 Å². The van der Waals surface area contributed by atoms with Crippen molar-refractivity contribution in [1.29, 1.82) is 0 Å². The molecule has 1 heteroatoms. The fourth-order valence-electron chi connectivity index (χ4n) is 1.86. The van der Waals surface area contributed by atoms with Crippen LogP contribution >= 0.6 is 0 Å². The quantitative estimate of drug-likeness (QED) is 0.554. The van der Waals surface area contributed by atoms with E-state index in [-0.39, 0.29) is 0 Å². The Morgan fingerprint density at radius 2 is 1.65 bits per heavy atom. The van der Waals surface area contributed by atoms with Gasteiger partial charge in [-0.25, -0.2) is 0 Å². The summed E-state index contributed by atoms with van der Waals surface area (Å²) >= 11 is 0. The largest absolute Gasteiger partial charge is 0.361 e. The second kappa shape index (κ2) is 4.19. The van der Waals surface area contributed by atoms with Crippen LogP contribution in [0.2, 0.25) is 0 Å². The zero-order chi connectivity index (χ0) is 11.5. The van der Waals surface area contributed by atoms with Gasteiger partial charge in [-0.15, -0.1) is 0 Å². The molecule has 1 N–H and O–H groups in total. The van der Waals surface area contributed by atoms with E-state index >= 15 is 0 Å². The third kappa shape index (κ3) is 1.93. The third-order valence-electron chi connectivity index (χ3n) is 2.71. The first-order valence-corrected chi connectivity index (χ1v) is 5.57. The smallest absolute Gasteiger partial charge is 0.0466 e. The maximum absolute atomic E-state index is 3.22. The summed E-state index contributed by atoms with van der Waals surface area (Å²) in [4.78, 5) is 3.19. The molecule has 0 aliphatic heterocycles. The van der Waals surface area contributed by atoms with Crippen LogP contribution in [0.1, 0.15) is 11.1 Å². The lowest BCUT2D eigenvalue weighted by Crippen LogP contribution is -1.77. The van der Waals surface area contributed by atoms with Crippen LogP contribution in [-0.4, -0.2) is 4.98 Å². The first-order chi connectivity index (χ1) is 8.43. The van der Waals surface area contributed by atoms with Gasteiger partial charge in [0.25, 0.3) is 0 Å². The van der Waals surface area contributed by atoms with Crippen molar-refractivity contribution in [2.45, 2.75) is 0 Å². The van der Waals surface area contributed by atoms with Crippen molar-refractivity contribution in [3.8, 4) is 11.8 Å². The van der Waals surface area contributed by atoms with Crippen molar-refractivity contribution in [1.82, 2.24) is 4.98 Å². The van der Waals surface area contributed by atoms with Gasteiger partial charge in [0.1, 0.15) is 0 Å². The van der Waals surface area contributed by atoms with E-state index in [1.54, 1.807) is 0 Å². The number of H-pyrrole nitrogens is 1. The molecule has 0 bridgehead atoms. The van der Waals surface area contributed by atoms with Gasteiger partial charge in [0, 0.05) is 28.2 Å². The predicted octanol–water partition coefficient (Wildman–Crippen LogP) is 3.57. The highest BCUT2D eigenvalue weighted by Gasteiger charge is 1.97. The summed E-state index contributed by atoms with van der Waals surface area (Å²) in [5.41, 5.74) is 3.23. The number of benzene rings is 2. The van der Waals surface area contributed by atoms with E-state index < -0.39 is 0 Å². The molecule has 0 radical (unpaired) electrons. The fraction of sp³-hybridized carbons (Fsp3) is 0. The Balaban J connectivity index is 2.06. The van der Waals surface area contributed by atoms with Crippen molar-refractivity contribution < 1.29 is 0 Å². The van der Waals surface area contributed by atoms with Gasteiger partial charge >= 0.3 is 0 Å². The van der Waals surface area contributed by atoms with Gasteiger partial charge in [0.2, 0.25) is 0 Å². The Morgan fingerprint density at radius 1 is 0.765 bits per heavy atom. The minimum atomic E-state index is 1.04. The Labute approximate surface area is 100 Å². The van der Waals surface area contributed by atoms with Crippen molar-refractivity contribution in [2.75, 3.05) is 0 Å². The number of fused-ring (bicyclic) bond motifs is 1. The molecular weight excluding hydrogens is 206 g/mol. The summed E-state index contributed by atoms with van der Waals surface area (Å²) in [6.07, 6.45) is 1.94. The van der Waals surface area contributed by atoms with Crippen LogP contribution in [0.25, 0.3) is 10.9 Å². The molecule has 3 aromatic rings. The van der Waals surface area contributed by atoms with Gasteiger partial charge in [-0.2, -0.15) is 0 Å². The highest BCUT2D eigenvalue weighted by molar-refractivity contribution is 5.85. The zero-order valence-electron chi connectivity index (χ0n) is 9.27. The van der Waals surface area contributed by atoms with Crippen LogP contribution in [0.5, 0.6) is 0 Å². The van der Waals surface area contributed by atoms with Gasteiger partial charge in [-0.3, -0.25) is 0 Å². The highest BCUT2D eigenvalue weighted by Crippen LogP contribution is 2.16. The monoisotopic (exact) mass is 217 g/mol. The Bertz CT molecular complexity index is 696. The summed E-state index contributed by atoms with van der Waals surface area (Å²) < 4.78 is 0. The predicted molar refractivity (Wildman–Crippen MR) is 70.7 cm³/mol. The van der Waals surface area contributed by atoms with Crippen molar-refractivity contribution in [2.24, 2.45) is 0 Å². The average molecular weight is 217 g/mol. The molecule has 2 aromatic carbocycles. The fourth-order valence-corrected chi connectivity index (χ4v) is 1.86. The molecule has 0 aliphatic rings. The van der Waals surface area contributed by atoms with Gasteiger partial charge in [0.05, 0.1) is 0 Å². The van der Waals surface area contributed by atoms with Gasteiger partial charge in [-0.05, 0) is 30.3 Å². The van der Waals surface area contributed by atoms with E-state index in [9.17, 15) is 0 Å². The second-order valence-corrected chi connectivity index (χ2v) is 3.86. The maximum Gasteiger partial charge on any atom is 0.0466 e. The summed E-state index contributed by atoms with van der Waals surface area (Å²) in [5.74, 6) is 6.40. The Hall–Kier alpha value is -2.46. The van der Waals surface area contributed by atoms with E-state index in [2.05, 4.69) is 29.0 Å². The molecule has 0 spiro atoms. The molecule has 0 fully saturated rings. The molecule has 1 heterocycles. The van der Waals surface area contributed by atoms with Crippen LogP contribution in [0.4, 0.5) is 0 Å². The molecule has 1 aromatic heterocycles. The van der Waals surface area contributed by atoms with E-state index in [1.165, 1.54) is 5.39 Å². The molecule has 0 saturated carbocycles. The molecule has 0 amide bonds. The molecule has 17 heavy (non-hydrogen) atoms. The standard InChI is InChI=1S/C16H11N/c1-2-5-13(6-3-1)9-10-14-7-4-8-16-15(14)11-12-17-16/h1-8,11-12,17H. The first kappa shape index (κ1) is 9.74. The van der Waals surface area contributed by atoms with E-state index in [0.29, 0.717) is 0 Å². The normalized spacial score (nSPS) is 9.88. The first-order valence-electron chi connectivity index (χ1n) is 5.57. The molecule has 80 valence electrons. The molecule has 0 saturated heterocycles. The summed E-state index contributed by atoms with van der Waals surface area (Å²) in [5, 5.41) is 1.18. The third-order valence-corrected chi connectivity index (χ3v) is 2.71. The lowest BCUT2D eigenvalue weighted by molar-refractivity contribution is 1.48. The van der Waals surface area contributed by atoms with Crippen molar-refractivity contribution in [3.05, 3.63) is 71.9 Å². The molecule has 0 unspecified atom stereocenters. The minimum Gasteiger partial charge on any atom is -0.361 e. The Morgan fingerprint density at radius 3 is 2.53 bits per heavy atom. The van der Waals surface area contributed by atoms with Gasteiger partial charge < -0.3 is 4.98 Å². The van der Waals surface area contributed by atoms with E-state index in [0.717, 1.165) is 16.6 Å². The highest BCUT2D eigenvalue weighted by atomic mass is 14.7. The van der Waals surface area contributed by atoms with Gasteiger partial charge in [-0.1, -0.05) is 36.1 Å². The van der Waals surface area contributed by atoms with E-state index in [1.807, 2.05) is 48.7 Å². The summed E-state index contributed by atoms with van der Waals surface area (Å²) in [6.45, 7) is 0. The molecular formula is C16H11N. The van der Waals surface area contributed by atoms with Crippen LogP contribution in [0, 0.1) is 11.8 Å². The molecule has 0 aliphatic carbocycles. The van der Waals surface area contributed by atoms with Crippen LogP contribution in [0.3, 0.4) is 0 Å². The van der Waals surface area contributed by atoms with Gasteiger partial charge in [0.15, 0.2) is 0 Å². The number of nitrogens with one attached hydrogen (secondary N) is 1. The zero-order valence-corrected chi connectivity index (χ0v) is 9.27.